The third-order valence-electron chi connectivity index (χ3n) is 5.40. The van der Waals surface area contributed by atoms with Crippen molar-refractivity contribution in [3.8, 4) is 0 Å². The zero-order valence-corrected chi connectivity index (χ0v) is 17.6. The van der Waals surface area contributed by atoms with Crippen LogP contribution in [0.15, 0.2) is 29.2 Å². The van der Waals surface area contributed by atoms with Gasteiger partial charge in [-0.25, -0.2) is 8.42 Å². The van der Waals surface area contributed by atoms with Gasteiger partial charge in [0, 0.05) is 31.7 Å². The SMILES string of the molecule is CC(=O)c1ccc(S(=O)(=O)N(C)CC(=O)N2CCCC(C(=O)NC3CC3)C2)cc1. The maximum absolute atomic E-state index is 12.7. The third-order valence-corrected chi connectivity index (χ3v) is 7.21. The molecule has 1 saturated carbocycles. The van der Waals surface area contributed by atoms with E-state index < -0.39 is 10.0 Å². The Bertz CT molecular complexity index is 893. The van der Waals surface area contributed by atoms with E-state index in [-0.39, 0.29) is 41.0 Å². The van der Waals surface area contributed by atoms with Gasteiger partial charge in [0.15, 0.2) is 5.78 Å². The van der Waals surface area contributed by atoms with Gasteiger partial charge in [-0.1, -0.05) is 12.1 Å². The van der Waals surface area contributed by atoms with Crippen LogP contribution in [0.3, 0.4) is 0 Å². The number of nitrogens with one attached hydrogen (secondary N) is 1. The molecule has 0 bridgehead atoms. The van der Waals surface area contributed by atoms with Crippen LogP contribution in [0.25, 0.3) is 0 Å². The highest BCUT2D eigenvalue weighted by atomic mass is 32.2. The molecule has 2 amide bonds. The Hall–Kier alpha value is -2.26. The molecule has 29 heavy (non-hydrogen) atoms. The predicted octanol–water partition coefficient (Wildman–Crippen LogP) is 1.03. The first-order valence-corrected chi connectivity index (χ1v) is 11.3. The summed E-state index contributed by atoms with van der Waals surface area (Å²) in [6, 6.07) is 5.93. The minimum absolute atomic E-state index is 0.0171. The maximum Gasteiger partial charge on any atom is 0.243 e. The van der Waals surface area contributed by atoms with Crippen LogP contribution in [-0.2, 0) is 19.6 Å². The van der Waals surface area contributed by atoms with Gasteiger partial charge in [0.05, 0.1) is 17.4 Å². The van der Waals surface area contributed by atoms with Crippen molar-refractivity contribution in [1.29, 1.82) is 0 Å². The van der Waals surface area contributed by atoms with Crippen molar-refractivity contribution >= 4 is 27.6 Å². The molecule has 1 saturated heterocycles. The molecule has 2 aliphatic rings. The molecule has 0 radical (unpaired) electrons. The summed E-state index contributed by atoms with van der Waals surface area (Å²) in [5.41, 5.74) is 0.423. The number of nitrogens with zero attached hydrogens (tertiary/aromatic N) is 2. The van der Waals surface area contributed by atoms with Crippen LogP contribution in [0.4, 0.5) is 0 Å². The number of rotatable bonds is 7. The van der Waals surface area contributed by atoms with E-state index in [1.54, 1.807) is 4.90 Å². The molecular formula is C20H27N3O5S. The lowest BCUT2D eigenvalue weighted by molar-refractivity contribution is -0.135. The van der Waals surface area contributed by atoms with Crippen molar-refractivity contribution in [3.05, 3.63) is 29.8 Å². The number of likely N-dealkylation sites (tertiary alicyclic amines) is 1. The maximum atomic E-state index is 12.7. The van der Waals surface area contributed by atoms with E-state index in [0.29, 0.717) is 18.7 Å². The van der Waals surface area contributed by atoms with Crippen LogP contribution >= 0.6 is 0 Å². The number of sulfonamides is 1. The van der Waals surface area contributed by atoms with Crippen LogP contribution in [0.5, 0.6) is 0 Å². The van der Waals surface area contributed by atoms with Gasteiger partial charge >= 0.3 is 0 Å². The predicted molar refractivity (Wildman–Crippen MR) is 107 cm³/mol. The van der Waals surface area contributed by atoms with Gasteiger partial charge in [-0.15, -0.1) is 0 Å². The fourth-order valence-corrected chi connectivity index (χ4v) is 4.50. The third kappa shape index (κ3) is 5.22. The second kappa shape index (κ2) is 8.62. The molecule has 1 atom stereocenters. The Morgan fingerprint density at radius 1 is 1.14 bits per heavy atom. The van der Waals surface area contributed by atoms with Crippen LogP contribution < -0.4 is 5.32 Å². The van der Waals surface area contributed by atoms with Crippen molar-refractivity contribution in [2.75, 3.05) is 26.7 Å². The number of piperidine rings is 1. The van der Waals surface area contributed by atoms with Crippen molar-refractivity contribution in [2.45, 2.75) is 43.5 Å². The number of likely N-dealkylation sites (N-methyl/N-ethyl adjacent to an activating group) is 1. The molecule has 1 heterocycles. The summed E-state index contributed by atoms with van der Waals surface area (Å²) in [5, 5.41) is 2.97. The Morgan fingerprint density at radius 2 is 1.79 bits per heavy atom. The van der Waals surface area contributed by atoms with Crippen molar-refractivity contribution in [3.63, 3.8) is 0 Å². The van der Waals surface area contributed by atoms with Crippen molar-refractivity contribution < 1.29 is 22.8 Å². The van der Waals surface area contributed by atoms with Crippen molar-refractivity contribution in [1.82, 2.24) is 14.5 Å². The normalized spacial score (nSPS) is 19.8. The van der Waals surface area contributed by atoms with E-state index in [1.165, 1.54) is 38.2 Å². The molecule has 0 spiro atoms. The smallest absolute Gasteiger partial charge is 0.243 e. The summed E-state index contributed by atoms with van der Waals surface area (Å²) < 4.78 is 26.5. The van der Waals surface area contributed by atoms with Gasteiger partial charge in [-0.05, 0) is 44.7 Å². The van der Waals surface area contributed by atoms with Crippen LogP contribution in [0, 0.1) is 5.92 Å². The highest BCUT2D eigenvalue weighted by molar-refractivity contribution is 7.89. The van der Waals surface area contributed by atoms with Gasteiger partial charge in [-0.2, -0.15) is 4.31 Å². The monoisotopic (exact) mass is 421 g/mol. The quantitative estimate of drug-likeness (QED) is 0.662. The number of carbonyl (C=O) groups is 3. The number of hydrogen-bond acceptors (Lipinski definition) is 5. The number of Topliss-reactive ketones (excluding diaryl/α,β-unsaturated/α-hetero) is 1. The van der Waals surface area contributed by atoms with Crippen LogP contribution in [0.2, 0.25) is 0 Å². The Morgan fingerprint density at radius 3 is 2.38 bits per heavy atom. The highest BCUT2D eigenvalue weighted by Crippen LogP contribution is 2.23. The van der Waals surface area contributed by atoms with Crippen molar-refractivity contribution in [2.24, 2.45) is 5.92 Å². The lowest BCUT2D eigenvalue weighted by Gasteiger charge is -2.33. The fourth-order valence-electron chi connectivity index (χ4n) is 3.38. The Labute approximate surface area is 171 Å². The number of amides is 2. The zero-order chi connectivity index (χ0) is 21.2. The van der Waals surface area contributed by atoms with E-state index in [4.69, 9.17) is 0 Å². The topological polar surface area (TPSA) is 104 Å². The first-order valence-electron chi connectivity index (χ1n) is 9.84. The highest BCUT2D eigenvalue weighted by Gasteiger charge is 2.33. The van der Waals surface area contributed by atoms with E-state index in [0.717, 1.165) is 30.0 Å². The lowest BCUT2D eigenvalue weighted by atomic mass is 9.97. The molecule has 1 aromatic carbocycles. The largest absolute Gasteiger partial charge is 0.353 e. The standard InChI is InChI=1S/C20H27N3O5S/c1-14(24)15-5-9-18(10-6-15)29(27,28)22(2)13-19(25)23-11-3-4-16(12-23)20(26)21-17-7-8-17/h5-6,9-10,16-17H,3-4,7-8,11-13H2,1-2H3,(H,21,26). The minimum Gasteiger partial charge on any atom is -0.353 e. The van der Waals surface area contributed by atoms with Gasteiger partial charge in [-0.3, -0.25) is 14.4 Å². The van der Waals surface area contributed by atoms with E-state index in [9.17, 15) is 22.8 Å². The van der Waals surface area contributed by atoms with Crippen LogP contribution in [-0.4, -0.2) is 67.9 Å². The molecule has 1 aliphatic carbocycles. The Balaban J connectivity index is 1.61. The zero-order valence-electron chi connectivity index (χ0n) is 16.8. The van der Waals surface area contributed by atoms with E-state index in [1.807, 2.05) is 0 Å². The number of carbonyl (C=O) groups excluding carboxylic acids is 3. The average molecular weight is 422 g/mol. The second-order valence-electron chi connectivity index (χ2n) is 7.80. The molecule has 9 heteroatoms. The Kier molecular flexibility index (Phi) is 6.38. The number of ketones is 1. The number of hydrogen-bond donors (Lipinski definition) is 1. The molecule has 8 nitrogen and oxygen atoms in total. The minimum atomic E-state index is -3.86. The molecule has 3 rings (SSSR count). The molecule has 1 unspecified atom stereocenters. The average Bonchev–Trinajstić information content (AvgIpc) is 3.52. The summed E-state index contributed by atoms with van der Waals surface area (Å²) in [7, 11) is -2.50. The summed E-state index contributed by atoms with van der Waals surface area (Å²) in [6.07, 6.45) is 3.48. The van der Waals surface area contributed by atoms with Gasteiger partial charge in [0.2, 0.25) is 21.8 Å². The lowest BCUT2D eigenvalue weighted by Crippen LogP contribution is -2.48. The van der Waals surface area contributed by atoms with Gasteiger partial charge in [0.25, 0.3) is 0 Å². The van der Waals surface area contributed by atoms with Gasteiger partial charge < -0.3 is 10.2 Å². The molecule has 2 fully saturated rings. The van der Waals surface area contributed by atoms with Gasteiger partial charge in [0.1, 0.15) is 0 Å². The van der Waals surface area contributed by atoms with Crippen LogP contribution in [0.1, 0.15) is 43.0 Å². The number of benzene rings is 1. The molecule has 158 valence electrons. The summed E-state index contributed by atoms with van der Waals surface area (Å²) in [4.78, 5) is 37.9. The molecule has 1 aliphatic heterocycles. The molecular weight excluding hydrogens is 394 g/mol. The van der Waals surface area contributed by atoms with E-state index >= 15 is 0 Å². The fraction of sp³-hybridized carbons (Fsp3) is 0.550. The molecule has 1 aromatic rings. The first kappa shape index (κ1) is 21.4. The molecule has 1 N–H and O–H groups in total. The molecule has 0 aromatic heterocycles. The first-order chi connectivity index (χ1) is 13.7. The summed E-state index contributed by atoms with van der Waals surface area (Å²) in [5.74, 6) is -0.728. The summed E-state index contributed by atoms with van der Waals surface area (Å²) in [6.45, 7) is 1.95. The summed E-state index contributed by atoms with van der Waals surface area (Å²) >= 11 is 0. The van der Waals surface area contributed by atoms with E-state index in [2.05, 4.69) is 5.32 Å². The second-order valence-corrected chi connectivity index (χ2v) is 9.85.